The Morgan fingerprint density at radius 1 is 0.906 bits per heavy atom. The number of esters is 1. The third-order valence-corrected chi connectivity index (χ3v) is 4.89. The predicted molar refractivity (Wildman–Crippen MR) is 124 cm³/mol. The minimum atomic E-state index is -0.936. The maximum Gasteiger partial charge on any atom is 0.334 e. The third kappa shape index (κ3) is 6.57. The van der Waals surface area contributed by atoms with Crippen molar-refractivity contribution in [2.45, 2.75) is 19.4 Å². The highest BCUT2D eigenvalue weighted by molar-refractivity contribution is 6.31. The number of carbonyl (C=O) groups excluding carboxylic acids is 3. The molecule has 0 aliphatic carbocycles. The molecule has 3 rings (SSSR count). The molecule has 3 aromatic rings. The predicted octanol–water partition coefficient (Wildman–Crippen LogP) is 4.90. The van der Waals surface area contributed by atoms with E-state index in [0.29, 0.717) is 15.7 Å². The summed E-state index contributed by atoms with van der Waals surface area (Å²) in [5.41, 5.74) is 1.38. The largest absolute Gasteiger partial charge is 0.424 e. The van der Waals surface area contributed by atoms with Gasteiger partial charge in [0.1, 0.15) is 11.8 Å². The van der Waals surface area contributed by atoms with Crippen molar-refractivity contribution in [3.63, 3.8) is 0 Å². The SMILES string of the molecule is CC(=O)N[C@@H](Cc1ccccc1)C(=O)Oc1ccc(Cl)cc1C(=O)Nc1cccc(Cl)c1. The van der Waals surface area contributed by atoms with E-state index >= 15 is 0 Å². The molecule has 0 spiro atoms. The Bertz CT molecular complexity index is 1140. The molecule has 0 heterocycles. The first-order valence-corrected chi connectivity index (χ1v) is 10.5. The lowest BCUT2D eigenvalue weighted by atomic mass is 10.1. The van der Waals surface area contributed by atoms with Crippen LogP contribution in [-0.4, -0.2) is 23.8 Å². The summed E-state index contributed by atoms with van der Waals surface area (Å²) in [5.74, 6) is -1.60. The van der Waals surface area contributed by atoms with Crippen LogP contribution in [0.2, 0.25) is 10.0 Å². The molecule has 0 fully saturated rings. The second-order valence-corrected chi connectivity index (χ2v) is 7.84. The van der Waals surface area contributed by atoms with Gasteiger partial charge in [-0.15, -0.1) is 0 Å². The summed E-state index contributed by atoms with van der Waals surface area (Å²) >= 11 is 12.0. The number of rotatable bonds is 7. The number of amides is 2. The van der Waals surface area contributed by atoms with Gasteiger partial charge in [-0.2, -0.15) is 0 Å². The van der Waals surface area contributed by atoms with Crippen molar-refractivity contribution in [3.05, 3.63) is 94.0 Å². The number of hydrogen-bond donors (Lipinski definition) is 2. The van der Waals surface area contributed by atoms with Gasteiger partial charge in [0.25, 0.3) is 5.91 Å². The Morgan fingerprint density at radius 2 is 1.62 bits per heavy atom. The summed E-state index contributed by atoms with van der Waals surface area (Å²) in [6.45, 7) is 1.32. The first-order valence-electron chi connectivity index (χ1n) is 9.71. The smallest absolute Gasteiger partial charge is 0.334 e. The first-order chi connectivity index (χ1) is 15.3. The number of carbonyl (C=O) groups is 3. The van der Waals surface area contributed by atoms with Gasteiger partial charge in [0.2, 0.25) is 5.91 Å². The Hall–Kier alpha value is -3.35. The van der Waals surface area contributed by atoms with Gasteiger partial charge in [0.05, 0.1) is 5.56 Å². The Kier molecular flexibility index (Phi) is 7.87. The molecule has 164 valence electrons. The zero-order chi connectivity index (χ0) is 23.1. The average Bonchev–Trinajstić information content (AvgIpc) is 2.75. The van der Waals surface area contributed by atoms with Crippen LogP contribution >= 0.6 is 23.2 Å². The van der Waals surface area contributed by atoms with Crippen LogP contribution < -0.4 is 15.4 Å². The molecule has 3 aromatic carbocycles. The van der Waals surface area contributed by atoms with Gasteiger partial charge in [0, 0.05) is 29.1 Å². The van der Waals surface area contributed by atoms with E-state index in [4.69, 9.17) is 27.9 Å². The molecular weight excluding hydrogens is 451 g/mol. The molecule has 8 heteroatoms. The van der Waals surface area contributed by atoms with Crippen LogP contribution in [0.4, 0.5) is 5.69 Å². The molecule has 2 N–H and O–H groups in total. The highest BCUT2D eigenvalue weighted by atomic mass is 35.5. The van der Waals surface area contributed by atoms with E-state index in [1.54, 1.807) is 24.3 Å². The van der Waals surface area contributed by atoms with Crippen LogP contribution in [0.25, 0.3) is 0 Å². The number of benzene rings is 3. The van der Waals surface area contributed by atoms with E-state index in [-0.39, 0.29) is 23.6 Å². The van der Waals surface area contributed by atoms with E-state index in [2.05, 4.69) is 10.6 Å². The fourth-order valence-corrected chi connectivity index (χ4v) is 3.36. The first kappa shape index (κ1) is 23.3. The maximum atomic E-state index is 12.9. The molecule has 1 atom stereocenters. The second kappa shape index (κ2) is 10.8. The molecule has 0 saturated carbocycles. The number of ether oxygens (including phenoxy) is 1. The lowest BCUT2D eigenvalue weighted by Crippen LogP contribution is -2.43. The molecule has 0 radical (unpaired) electrons. The molecule has 2 amide bonds. The van der Waals surface area contributed by atoms with E-state index in [1.165, 1.54) is 25.1 Å². The van der Waals surface area contributed by atoms with Crippen molar-refractivity contribution in [2.75, 3.05) is 5.32 Å². The van der Waals surface area contributed by atoms with Crippen LogP contribution in [0.15, 0.2) is 72.8 Å². The average molecular weight is 471 g/mol. The molecule has 0 saturated heterocycles. The monoisotopic (exact) mass is 470 g/mol. The second-order valence-electron chi connectivity index (χ2n) is 6.97. The van der Waals surface area contributed by atoms with Gasteiger partial charge in [-0.25, -0.2) is 4.79 Å². The summed E-state index contributed by atoms with van der Waals surface area (Å²) in [6.07, 6.45) is 0.233. The van der Waals surface area contributed by atoms with Crippen molar-refractivity contribution in [2.24, 2.45) is 0 Å². The molecule has 0 bridgehead atoms. The Balaban J connectivity index is 1.82. The molecule has 0 aliphatic heterocycles. The van der Waals surface area contributed by atoms with Gasteiger partial charge >= 0.3 is 5.97 Å². The highest BCUT2D eigenvalue weighted by Crippen LogP contribution is 2.25. The fraction of sp³-hybridized carbons (Fsp3) is 0.125. The number of halogens is 2. The lowest BCUT2D eigenvalue weighted by molar-refractivity contribution is -0.139. The normalized spacial score (nSPS) is 11.3. The molecule has 0 unspecified atom stereocenters. The summed E-state index contributed by atoms with van der Waals surface area (Å²) < 4.78 is 5.52. The zero-order valence-electron chi connectivity index (χ0n) is 17.1. The molecule has 0 aliphatic rings. The molecular formula is C24H20Cl2N2O4. The molecule has 32 heavy (non-hydrogen) atoms. The van der Waals surface area contributed by atoms with Crippen LogP contribution in [0, 0.1) is 0 Å². The Morgan fingerprint density at radius 3 is 2.31 bits per heavy atom. The maximum absolute atomic E-state index is 12.9. The van der Waals surface area contributed by atoms with Crippen molar-refractivity contribution >= 4 is 46.7 Å². The number of anilines is 1. The van der Waals surface area contributed by atoms with E-state index in [1.807, 2.05) is 30.3 Å². The summed E-state index contributed by atoms with van der Waals surface area (Å²) in [5, 5.41) is 6.05. The standard InChI is InChI=1S/C24H20Cl2N2O4/c1-15(29)27-21(12-16-6-3-2-4-7-16)24(31)32-22-11-10-18(26)14-20(22)23(30)28-19-9-5-8-17(25)13-19/h2-11,13-14,21H,12H2,1H3,(H,27,29)(H,28,30)/t21-/m0/s1. The Labute approximate surface area is 195 Å². The quantitative estimate of drug-likeness (QED) is 0.379. The third-order valence-electron chi connectivity index (χ3n) is 4.42. The number of hydrogen-bond acceptors (Lipinski definition) is 4. The van der Waals surface area contributed by atoms with Crippen LogP contribution in [0.1, 0.15) is 22.8 Å². The topological polar surface area (TPSA) is 84.5 Å². The summed E-state index contributed by atoms with van der Waals surface area (Å²) in [4.78, 5) is 37.4. The minimum Gasteiger partial charge on any atom is -0.424 e. The highest BCUT2D eigenvalue weighted by Gasteiger charge is 2.24. The van der Waals surface area contributed by atoms with E-state index < -0.39 is 17.9 Å². The molecule has 6 nitrogen and oxygen atoms in total. The lowest BCUT2D eigenvalue weighted by Gasteiger charge is -2.18. The van der Waals surface area contributed by atoms with Crippen molar-refractivity contribution < 1.29 is 19.1 Å². The fourth-order valence-electron chi connectivity index (χ4n) is 3.00. The van der Waals surface area contributed by atoms with Crippen LogP contribution in [-0.2, 0) is 16.0 Å². The van der Waals surface area contributed by atoms with Gasteiger partial charge < -0.3 is 15.4 Å². The van der Waals surface area contributed by atoms with Gasteiger partial charge in [0.15, 0.2) is 0 Å². The summed E-state index contributed by atoms with van der Waals surface area (Å²) in [6, 6.07) is 19.2. The number of nitrogens with one attached hydrogen (secondary N) is 2. The summed E-state index contributed by atoms with van der Waals surface area (Å²) in [7, 11) is 0. The van der Waals surface area contributed by atoms with Crippen LogP contribution in [0.3, 0.4) is 0 Å². The van der Waals surface area contributed by atoms with Gasteiger partial charge in [-0.1, -0.05) is 59.6 Å². The van der Waals surface area contributed by atoms with E-state index in [0.717, 1.165) is 5.56 Å². The zero-order valence-corrected chi connectivity index (χ0v) is 18.6. The molecule has 0 aromatic heterocycles. The van der Waals surface area contributed by atoms with Crippen molar-refractivity contribution in [1.82, 2.24) is 5.32 Å². The van der Waals surface area contributed by atoms with Crippen LogP contribution in [0.5, 0.6) is 5.75 Å². The van der Waals surface area contributed by atoms with Gasteiger partial charge in [-0.05, 0) is 42.0 Å². The minimum absolute atomic E-state index is 0.0161. The van der Waals surface area contributed by atoms with Gasteiger partial charge in [-0.3, -0.25) is 9.59 Å². The van der Waals surface area contributed by atoms with Crippen molar-refractivity contribution in [3.8, 4) is 5.75 Å². The van der Waals surface area contributed by atoms with Crippen molar-refractivity contribution in [1.29, 1.82) is 0 Å². The van der Waals surface area contributed by atoms with E-state index in [9.17, 15) is 14.4 Å².